The van der Waals surface area contributed by atoms with Gasteiger partial charge in [0, 0.05) is 24.9 Å². The van der Waals surface area contributed by atoms with Gasteiger partial charge < -0.3 is 10.2 Å². The van der Waals surface area contributed by atoms with Gasteiger partial charge in [0.15, 0.2) is 0 Å². The topological polar surface area (TPSA) is 75.2 Å². The van der Waals surface area contributed by atoms with Crippen LogP contribution < -0.4 is 5.32 Å². The van der Waals surface area contributed by atoms with Crippen LogP contribution in [0.3, 0.4) is 0 Å². The number of hydrogen-bond donors (Lipinski definition) is 1. The minimum Gasteiger partial charge on any atom is -0.339 e. The van der Waals surface area contributed by atoms with Crippen LogP contribution in [-0.2, 0) is 9.59 Å². The molecule has 0 spiro atoms. The van der Waals surface area contributed by atoms with Crippen molar-refractivity contribution in [2.45, 2.75) is 56.9 Å². The maximum Gasteiger partial charge on any atom is 0.231 e. The van der Waals surface area contributed by atoms with Gasteiger partial charge in [0.25, 0.3) is 0 Å². The molecule has 1 N–H and O–H groups in total. The van der Waals surface area contributed by atoms with E-state index in [1.807, 2.05) is 4.90 Å². The van der Waals surface area contributed by atoms with Crippen LogP contribution in [0.25, 0.3) is 0 Å². The predicted octanol–water partition coefficient (Wildman–Crippen LogP) is 2.15. The van der Waals surface area contributed by atoms with E-state index in [1.54, 1.807) is 0 Å². The van der Waals surface area contributed by atoms with E-state index in [9.17, 15) is 9.59 Å². The summed E-state index contributed by atoms with van der Waals surface area (Å²) in [5, 5.41) is 12.6. The first-order valence-electron chi connectivity index (χ1n) is 8.14. The molecule has 1 atom stereocenters. The number of amides is 2. The zero-order valence-corrected chi connectivity index (χ0v) is 13.3. The molecule has 0 aromatic carbocycles. The molecule has 1 saturated heterocycles. The molecule has 2 amide bonds. The average molecular weight is 320 g/mol. The molecule has 6 nitrogen and oxygen atoms in total. The Morgan fingerprint density at radius 1 is 1.18 bits per heavy atom. The molecule has 0 unspecified atom stereocenters. The van der Waals surface area contributed by atoms with Crippen molar-refractivity contribution in [2.75, 3.05) is 11.9 Å². The highest BCUT2D eigenvalue weighted by Gasteiger charge is 2.39. The highest BCUT2D eigenvalue weighted by Crippen LogP contribution is 2.42. The molecule has 2 aliphatic carbocycles. The SMILES string of the molecule is O=C(Nc1nnc(C2CC2)s1)[C@H]1CC(=O)N(C2CCCC2)C1. The second kappa shape index (κ2) is 5.61. The first-order valence-corrected chi connectivity index (χ1v) is 8.96. The molecule has 2 saturated carbocycles. The Bertz CT molecular complexity index is 592. The fraction of sp³-hybridized carbons (Fsp3) is 0.733. The number of rotatable bonds is 4. The maximum absolute atomic E-state index is 12.4. The lowest BCUT2D eigenvalue weighted by Gasteiger charge is -2.23. The Kier molecular flexibility index (Phi) is 3.60. The van der Waals surface area contributed by atoms with Crippen LogP contribution in [0, 0.1) is 5.92 Å². The summed E-state index contributed by atoms with van der Waals surface area (Å²) in [4.78, 5) is 26.4. The van der Waals surface area contributed by atoms with Gasteiger partial charge >= 0.3 is 0 Å². The Balaban J connectivity index is 1.36. The molecule has 7 heteroatoms. The van der Waals surface area contributed by atoms with Gasteiger partial charge in [-0.2, -0.15) is 0 Å². The van der Waals surface area contributed by atoms with Crippen LogP contribution in [-0.4, -0.2) is 39.5 Å². The van der Waals surface area contributed by atoms with E-state index in [4.69, 9.17) is 0 Å². The van der Waals surface area contributed by atoms with Crippen molar-refractivity contribution < 1.29 is 9.59 Å². The van der Waals surface area contributed by atoms with E-state index in [2.05, 4.69) is 15.5 Å². The van der Waals surface area contributed by atoms with Crippen molar-refractivity contribution in [3.05, 3.63) is 5.01 Å². The molecule has 3 aliphatic rings. The Morgan fingerprint density at radius 3 is 2.68 bits per heavy atom. The number of carbonyl (C=O) groups is 2. The summed E-state index contributed by atoms with van der Waals surface area (Å²) in [5.74, 6) is 0.339. The molecule has 4 rings (SSSR count). The Morgan fingerprint density at radius 2 is 1.95 bits per heavy atom. The average Bonchev–Trinajstić information content (AvgIpc) is 2.93. The fourth-order valence-corrected chi connectivity index (χ4v) is 4.38. The van der Waals surface area contributed by atoms with Crippen molar-refractivity contribution in [3.63, 3.8) is 0 Å². The zero-order chi connectivity index (χ0) is 15.1. The summed E-state index contributed by atoms with van der Waals surface area (Å²) >= 11 is 1.46. The molecular formula is C15H20N4O2S. The molecule has 0 radical (unpaired) electrons. The van der Waals surface area contributed by atoms with Crippen LogP contribution in [0.2, 0.25) is 0 Å². The van der Waals surface area contributed by atoms with E-state index in [1.165, 1.54) is 37.0 Å². The molecular weight excluding hydrogens is 300 g/mol. The number of likely N-dealkylation sites (tertiary alicyclic amines) is 1. The van der Waals surface area contributed by atoms with Gasteiger partial charge in [0.2, 0.25) is 16.9 Å². The van der Waals surface area contributed by atoms with Crippen molar-refractivity contribution >= 4 is 28.3 Å². The largest absolute Gasteiger partial charge is 0.339 e. The third-order valence-corrected chi connectivity index (χ3v) is 5.89. The van der Waals surface area contributed by atoms with E-state index < -0.39 is 0 Å². The second-order valence-corrected chi connectivity index (χ2v) is 7.60. The number of hydrogen-bond acceptors (Lipinski definition) is 5. The number of anilines is 1. The number of nitrogens with zero attached hydrogens (tertiary/aromatic N) is 3. The summed E-state index contributed by atoms with van der Waals surface area (Å²) in [6, 6.07) is 0.355. The normalized spacial score (nSPS) is 25.9. The fourth-order valence-electron chi connectivity index (χ4n) is 3.46. The van der Waals surface area contributed by atoms with E-state index in [0.29, 0.717) is 30.1 Å². The van der Waals surface area contributed by atoms with E-state index >= 15 is 0 Å². The highest BCUT2D eigenvalue weighted by atomic mass is 32.1. The highest BCUT2D eigenvalue weighted by molar-refractivity contribution is 7.15. The van der Waals surface area contributed by atoms with Crippen molar-refractivity contribution in [2.24, 2.45) is 5.92 Å². The number of nitrogens with one attached hydrogen (secondary N) is 1. The van der Waals surface area contributed by atoms with E-state index in [0.717, 1.165) is 17.8 Å². The molecule has 22 heavy (non-hydrogen) atoms. The van der Waals surface area contributed by atoms with Crippen LogP contribution >= 0.6 is 11.3 Å². The monoisotopic (exact) mass is 320 g/mol. The van der Waals surface area contributed by atoms with Gasteiger partial charge in [-0.1, -0.05) is 24.2 Å². The lowest BCUT2D eigenvalue weighted by Crippen LogP contribution is -2.35. The van der Waals surface area contributed by atoms with Gasteiger partial charge in [-0.3, -0.25) is 9.59 Å². The number of aromatic nitrogens is 2. The van der Waals surface area contributed by atoms with Crippen molar-refractivity contribution in [1.82, 2.24) is 15.1 Å². The summed E-state index contributed by atoms with van der Waals surface area (Å²) in [5.41, 5.74) is 0. The molecule has 1 aliphatic heterocycles. The standard InChI is InChI=1S/C15H20N4O2S/c20-12-7-10(8-19(12)11-3-1-2-4-11)13(21)16-15-18-17-14(22-15)9-5-6-9/h9-11H,1-8H2,(H,16,18,21)/t10-/m0/s1. The summed E-state index contributed by atoms with van der Waals surface area (Å²) < 4.78 is 0. The Labute approximate surface area is 133 Å². The Hall–Kier alpha value is -1.50. The summed E-state index contributed by atoms with van der Waals surface area (Å²) in [6.45, 7) is 0.559. The van der Waals surface area contributed by atoms with Crippen molar-refractivity contribution in [1.29, 1.82) is 0 Å². The summed E-state index contributed by atoms with van der Waals surface area (Å²) in [6.07, 6.45) is 7.24. The molecule has 2 heterocycles. The summed E-state index contributed by atoms with van der Waals surface area (Å²) in [7, 11) is 0. The van der Waals surface area contributed by atoms with Gasteiger partial charge in [0.1, 0.15) is 5.01 Å². The van der Waals surface area contributed by atoms with Crippen LogP contribution in [0.5, 0.6) is 0 Å². The van der Waals surface area contributed by atoms with Gasteiger partial charge in [-0.05, 0) is 25.7 Å². The van der Waals surface area contributed by atoms with E-state index in [-0.39, 0.29) is 17.7 Å². The maximum atomic E-state index is 12.4. The quantitative estimate of drug-likeness (QED) is 0.922. The van der Waals surface area contributed by atoms with Gasteiger partial charge in [-0.25, -0.2) is 0 Å². The third-order valence-electron chi connectivity index (χ3n) is 4.89. The van der Waals surface area contributed by atoms with Crippen LogP contribution in [0.1, 0.15) is 55.9 Å². The molecule has 1 aromatic heterocycles. The van der Waals surface area contributed by atoms with Crippen LogP contribution in [0.15, 0.2) is 0 Å². The molecule has 1 aromatic rings. The van der Waals surface area contributed by atoms with Gasteiger partial charge in [-0.15, -0.1) is 10.2 Å². The lowest BCUT2D eigenvalue weighted by molar-refractivity contribution is -0.129. The first kappa shape index (κ1) is 14.1. The molecule has 118 valence electrons. The minimum absolute atomic E-state index is 0.0904. The number of carbonyl (C=O) groups excluding carboxylic acids is 2. The predicted molar refractivity (Wildman–Crippen MR) is 82.6 cm³/mol. The van der Waals surface area contributed by atoms with Crippen molar-refractivity contribution in [3.8, 4) is 0 Å². The first-order chi connectivity index (χ1) is 10.7. The van der Waals surface area contributed by atoms with Gasteiger partial charge in [0.05, 0.1) is 5.92 Å². The smallest absolute Gasteiger partial charge is 0.231 e. The zero-order valence-electron chi connectivity index (χ0n) is 12.5. The van der Waals surface area contributed by atoms with Crippen LogP contribution in [0.4, 0.5) is 5.13 Å². The lowest BCUT2D eigenvalue weighted by atomic mass is 10.1. The molecule has 0 bridgehead atoms. The minimum atomic E-state index is -0.249. The third kappa shape index (κ3) is 2.74. The molecule has 3 fully saturated rings. The second-order valence-electron chi connectivity index (χ2n) is 6.59.